The molecule has 0 atom stereocenters. The minimum Gasteiger partial charge on any atom is -0.456 e. The van der Waals surface area contributed by atoms with Gasteiger partial charge in [-0.05, 0) is 36.4 Å². The number of carbonyl (C=O) groups excluding carboxylic acids is 3. The zero-order valence-corrected chi connectivity index (χ0v) is 15.3. The number of ether oxygens (including phenoxy) is 1. The van der Waals surface area contributed by atoms with Gasteiger partial charge < -0.3 is 10.1 Å². The van der Waals surface area contributed by atoms with Crippen molar-refractivity contribution in [3.63, 3.8) is 0 Å². The van der Waals surface area contributed by atoms with Gasteiger partial charge in [0.15, 0.2) is 12.4 Å². The van der Waals surface area contributed by atoms with Crippen LogP contribution in [0.2, 0.25) is 0 Å². The number of amides is 1. The summed E-state index contributed by atoms with van der Waals surface area (Å²) in [6.07, 6.45) is -4.50. The van der Waals surface area contributed by atoms with Crippen LogP contribution in [0, 0.1) is 0 Å². The first-order valence-corrected chi connectivity index (χ1v) is 8.36. The van der Waals surface area contributed by atoms with Crippen LogP contribution in [-0.2, 0) is 15.7 Å². The van der Waals surface area contributed by atoms with Crippen LogP contribution in [0.3, 0.4) is 0 Å². The maximum Gasteiger partial charge on any atom is 0.416 e. The average molecular weight is 444 g/mol. The molecule has 0 fully saturated rings. The predicted octanol–water partition coefficient (Wildman–Crippen LogP) is 3.62. The first-order chi connectivity index (χ1) is 12.7. The van der Waals surface area contributed by atoms with Crippen LogP contribution in [0.15, 0.2) is 53.0 Å². The number of hydrogen-bond acceptors (Lipinski definition) is 4. The highest BCUT2D eigenvalue weighted by Gasteiger charge is 2.30. The lowest BCUT2D eigenvalue weighted by atomic mass is 10.1. The van der Waals surface area contributed by atoms with Gasteiger partial charge in [-0.2, -0.15) is 13.2 Å². The highest BCUT2D eigenvalue weighted by molar-refractivity contribution is 9.10. The molecule has 2 rings (SSSR count). The predicted molar refractivity (Wildman–Crippen MR) is 93.2 cm³/mol. The second-order valence-electron chi connectivity index (χ2n) is 5.35. The summed E-state index contributed by atoms with van der Waals surface area (Å²) >= 11 is 3.23. The van der Waals surface area contributed by atoms with Crippen molar-refractivity contribution in [1.29, 1.82) is 0 Å². The quantitative estimate of drug-likeness (QED) is 0.546. The highest BCUT2D eigenvalue weighted by Crippen LogP contribution is 2.29. The molecule has 0 aromatic heterocycles. The molecule has 0 bridgehead atoms. The summed E-state index contributed by atoms with van der Waals surface area (Å²) in [5.74, 6) is -1.99. The number of ketones is 1. The number of alkyl halides is 3. The number of rotatable bonds is 6. The molecule has 0 aliphatic rings. The Morgan fingerprint density at radius 3 is 2.04 bits per heavy atom. The zero-order valence-electron chi connectivity index (χ0n) is 13.7. The van der Waals surface area contributed by atoms with Gasteiger partial charge in [0.1, 0.15) is 6.54 Å². The van der Waals surface area contributed by atoms with Crippen molar-refractivity contribution in [2.75, 3.05) is 13.2 Å². The summed E-state index contributed by atoms with van der Waals surface area (Å²) in [7, 11) is 0. The fraction of sp³-hybridized carbons (Fsp3) is 0.167. The van der Waals surface area contributed by atoms with Gasteiger partial charge in [0, 0.05) is 15.6 Å². The van der Waals surface area contributed by atoms with Crippen LogP contribution in [0.5, 0.6) is 0 Å². The third-order valence-corrected chi connectivity index (χ3v) is 3.93. The Bertz CT molecular complexity index is 833. The van der Waals surface area contributed by atoms with E-state index in [4.69, 9.17) is 4.74 Å². The van der Waals surface area contributed by atoms with Crippen molar-refractivity contribution in [3.8, 4) is 0 Å². The van der Waals surface area contributed by atoms with E-state index in [2.05, 4.69) is 21.2 Å². The second kappa shape index (κ2) is 8.81. The van der Waals surface area contributed by atoms with Crippen LogP contribution < -0.4 is 5.32 Å². The van der Waals surface area contributed by atoms with E-state index in [-0.39, 0.29) is 5.56 Å². The third-order valence-electron chi connectivity index (χ3n) is 3.40. The first-order valence-electron chi connectivity index (χ1n) is 7.56. The molecule has 2 aromatic carbocycles. The molecule has 1 N–H and O–H groups in total. The summed E-state index contributed by atoms with van der Waals surface area (Å²) < 4.78 is 43.0. The number of hydrogen-bond donors (Lipinski definition) is 1. The lowest BCUT2D eigenvalue weighted by Gasteiger charge is -2.08. The van der Waals surface area contributed by atoms with Crippen LogP contribution in [0.1, 0.15) is 26.3 Å². The molecule has 9 heteroatoms. The fourth-order valence-corrected chi connectivity index (χ4v) is 2.25. The average Bonchev–Trinajstić information content (AvgIpc) is 2.64. The molecule has 0 spiro atoms. The Morgan fingerprint density at radius 1 is 0.926 bits per heavy atom. The largest absolute Gasteiger partial charge is 0.456 e. The van der Waals surface area contributed by atoms with Crippen molar-refractivity contribution in [1.82, 2.24) is 5.32 Å². The molecule has 0 heterocycles. The van der Waals surface area contributed by atoms with Crippen molar-refractivity contribution >= 4 is 33.6 Å². The second-order valence-corrected chi connectivity index (χ2v) is 6.26. The monoisotopic (exact) mass is 443 g/mol. The Hall–Kier alpha value is -2.68. The van der Waals surface area contributed by atoms with E-state index >= 15 is 0 Å². The van der Waals surface area contributed by atoms with Gasteiger partial charge in [-0.25, -0.2) is 0 Å². The molecule has 2 aromatic rings. The first kappa shape index (κ1) is 20.6. The summed E-state index contributed by atoms with van der Waals surface area (Å²) in [5, 5.41) is 2.22. The molecule has 0 aliphatic carbocycles. The minimum atomic E-state index is -4.50. The Balaban J connectivity index is 1.80. The lowest BCUT2D eigenvalue weighted by molar-refractivity contribution is -0.141. The van der Waals surface area contributed by atoms with Crippen LogP contribution >= 0.6 is 15.9 Å². The SMILES string of the molecule is O=C(CNC(=O)c1ccc(C(F)(F)F)cc1)OCC(=O)c1ccc(Br)cc1. The molecule has 0 aliphatic heterocycles. The van der Waals surface area contributed by atoms with Gasteiger partial charge in [0.25, 0.3) is 5.91 Å². The topological polar surface area (TPSA) is 72.5 Å². The molecule has 0 radical (unpaired) electrons. The van der Waals surface area contributed by atoms with Gasteiger partial charge in [0.05, 0.1) is 5.56 Å². The van der Waals surface area contributed by atoms with E-state index in [1.807, 2.05) is 0 Å². The normalized spacial score (nSPS) is 11.0. The fourth-order valence-electron chi connectivity index (χ4n) is 1.98. The molecule has 5 nitrogen and oxygen atoms in total. The Kier molecular flexibility index (Phi) is 6.73. The summed E-state index contributed by atoms with van der Waals surface area (Å²) in [4.78, 5) is 35.3. The van der Waals surface area contributed by atoms with Crippen molar-refractivity contribution in [2.45, 2.75) is 6.18 Å². The van der Waals surface area contributed by atoms with Crippen molar-refractivity contribution < 1.29 is 32.3 Å². The summed E-state index contributed by atoms with van der Waals surface area (Å²) in [5.41, 5.74) is -0.563. The summed E-state index contributed by atoms with van der Waals surface area (Å²) in [6.45, 7) is -1.01. The van der Waals surface area contributed by atoms with E-state index < -0.39 is 42.6 Å². The van der Waals surface area contributed by atoms with E-state index in [1.54, 1.807) is 24.3 Å². The van der Waals surface area contributed by atoms with E-state index in [9.17, 15) is 27.6 Å². The number of halogens is 4. The van der Waals surface area contributed by atoms with Crippen LogP contribution in [0.25, 0.3) is 0 Å². The van der Waals surface area contributed by atoms with Gasteiger partial charge in [-0.3, -0.25) is 14.4 Å². The summed E-state index contributed by atoms with van der Waals surface area (Å²) in [6, 6.07) is 9.99. The molecule has 142 valence electrons. The standard InChI is InChI=1S/C18H13BrF3NO4/c19-14-7-3-11(4-8-14)15(24)10-27-16(25)9-23-17(26)12-1-5-13(6-2-12)18(20,21)22/h1-8H,9-10H2,(H,23,26). The molecule has 0 saturated heterocycles. The number of esters is 1. The van der Waals surface area contributed by atoms with Gasteiger partial charge in [0.2, 0.25) is 0 Å². The molecule has 0 saturated carbocycles. The highest BCUT2D eigenvalue weighted by atomic mass is 79.9. The van der Waals surface area contributed by atoms with Crippen LogP contribution in [-0.4, -0.2) is 30.8 Å². The van der Waals surface area contributed by atoms with E-state index in [0.29, 0.717) is 5.56 Å². The number of carbonyl (C=O) groups is 3. The molecular weight excluding hydrogens is 431 g/mol. The van der Waals surface area contributed by atoms with Crippen LogP contribution in [0.4, 0.5) is 13.2 Å². The van der Waals surface area contributed by atoms with Gasteiger partial charge in [-0.15, -0.1) is 0 Å². The third kappa shape index (κ3) is 6.21. The maximum atomic E-state index is 12.5. The number of nitrogens with one attached hydrogen (secondary N) is 1. The molecular formula is C18H13BrF3NO4. The maximum absolute atomic E-state index is 12.5. The van der Waals surface area contributed by atoms with Crippen molar-refractivity contribution in [2.24, 2.45) is 0 Å². The Morgan fingerprint density at radius 2 is 1.48 bits per heavy atom. The molecule has 27 heavy (non-hydrogen) atoms. The zero-order chi connectivity index (χ0) is 20.0. The minimum absolute atomic E-state index is 0.0401. The van der Waals surface area contributed by atoms with Gasteiger partial charge >= 0.3 is 12.1 Å². The van der Waals surface area contributed by atoms with E-state index in [0.717, 1.165) is 28.7 Å². The number of benzene rings is 2. The molecule has 0 unspecified atom stereocenters. The molecule has 1 amide bonds. The van der Waals surface area contributed by atoms with E-state index in [1.165, 1.54) is 0 Å². The lowest BCUT2D eigenvalue weighted by Crippen LogP contribution is -2.31. The van der Waals surface area contributed by atoms with Crippen molar-refractivity contribution in [3.05, 3.63) is 69.7 Å². The van der Waals surface area contributed by atoms with Gasteiger partial charge in [-0.1, -0.05) is 28.1 Å². The Labute approximate surface area is 160 Å². The smallest absolute Gasteiger partial charge is 0.416 e. The number of Topliss-reactive ketones (excluding diaryl/α,β-unsaturated/α-hetero) is 1.